The average Bonchev–Trinajstić information content (AvgIpc) is 2.32. The number of halogens is 4. The van der Waals surface area contributed by atoms with Gasteiger partial charge in [0.1, 0.15) is 5.82 Å². The normalized spacial score (nSPS) is 10.3. The van der Waals surface area contributed by atoms with E-state index in [1.54, 1.807) is 24.3 Å². The molecule has 0 heterocycles. The smallest absolute Gasteiger partial charge is 0.258 e. The van der Waals surface area contributed by atoms with Gasteiger partial charge in [-0.2, -0.15) is 0 Å². The predicted octanol–water partition coefficient (Wildman–Crippen LogP) is 5.26. The van der Waals surface area contributed by atoms with Crippen LogP contribution in [0.3, 0.4) is 0 Å². The lowest BCUT2D eigenvalue weighted by Crippen LogP contribution is -2.14. The number of benzene rings is 2. The van der Waals surface area contributed by atoms with Crippen molar-refractivity contribution in [3.05, 3.63) is 61.7 Å². The molecular weight excluding hydrogens is 400 g/mol. The van der Waals surface area contributed by atoms with Crippen molar-refractivity contribution in [3.8, 4) is 0 Å². The van der Waals surface area contributed by atoms with Crippen LogP contribution in [0.15, 0.2) is 45.3 Å². The van der Waals surface area contributed by atoms with Crippen LogP contribution in [-0.2, 0) is 0 Å². The van der Waals surface area contributed by atoms with E-state index in [2.05, 4.69) is 37.2 Å². The minimum Gasteiger partial charge on any atom is -0.321 e. The molecule has 0 aliphatic carbocycles. The van der Waals surface area contributed by atoms with Gasteiger partial charge in [-0.25, -0.2) is 4.39 Å². The van der Waals surface area contributed by atoms with Crippen molar-refractivity contribution in [1.82, 2.24) is 0 Å². The highest BCUT2D eigenvalue weighted by Gasteiger charge is 2.13. The fraction of sp³-hybridized carbons (Fsp3) is 0. The Kier molecular flexibility index (Phi) is 4.60. The first kappa shape index (κ1) is 14.5. The number of rotatable bonds is 2. The van der Waals surface area contributed by atoms with Crippen LogP contribution < -0.4 is 5.32 Å². The first-order valence-electron chi connectivity index (χ1n) is 5.19. The Balaban J connectivity index is 2.25. The minimum atomic E-state index is -0.597. The summed E-state index contributed by atoms with van der Waals surface area (Å²) in [6.07, 6.45) is 0. The number of hydrogen-bond donors (Lipinski definition) is 1. The SMILES string of the molecule is O=C(Nc1ccc(Br)cc1Cl)c1ccc(Br)cc1F. The Morgan fingerprint density at radius 2 is 1.74 bits per heavy atom. The van der Waals surface area contributed by atoms with E-state index in [-0.39, 0.29) is 5.56 Å². The number of carbonyl (C=O) groups is 1. The molecule has 0 fully saturated rings. The molecule has 2 nitrogen and oxygen atoms in total. The van der Waals surface area contributed by atoms with Gasteiger partial charge in [-0.1, -0.05) is 43.5 Å². The summed E-state index contributed by atoms with van der Waals surface area (Å²) in [4.78, 5) is 11.9. The Morgan fingerprint density at radius 3 is 2.37 bits per heavy atom. The summed E-state index contributed by atoms with van der Waals surface area (Å²) < 4.78 is 15.0. The summed E-state index contributed by atoms with van der Waals surface area (Å²) in [5.41, 5.74) is 0.388. The lowest BCUT2D eigenvalue weighted by atomic mass is 10.2. The van der Waals surface area contributed by atoms with Crippen molar-refractivity contribution in [3.63, 3.8) is 0 Å². The molecule has 19 heavy (non-hydrogen) atoms. The second-order valence-electron chi connectivity index (χ2n) is 3.70. The molecule has 0 spiro atoms. The maximum absolute atomic E-state index is 13.6. The molecule has 6 heteroatoms. The van der Waals surface area contributed by atoms with Crippen molar-refractivity contribution < 1.29 is 9.18 Å². The molecule has 1 amide bonds. The van der Waals surface area contributed by atoms with E-state index in [0.29, 0.717) is 15.2 Å². The highest BCUT2D eigenvalue weighted by molar-refractivity contribution is 9.10. The Bertz CT molecular complexity index is 649. The highest BCUT2D eigenvalue weighted by Crippen LogP contribution is 2.26. The first-order valence-corrected chi connectivity index (χ1v) is 7.15. The number of nitrogens with one attached hydrogen (secondary N) is 1. The topological polar surface area (TPSA) is 29.1 Å². The third-order valence-corrected chi connectivity index (χ3v) is 3.65. The Labute approximate surface area is 131 Å². The van der Waals surface area contributed by atoms with E-state index >= 15 is 0 Å². The van der Waals surface area contributed by atoms with Crippen molar-refractivity contribution >= 4 is 55.1 Å². The van der Waals surface area contributed by atoms with Gasteiger partial charge < -0.3 is 5.32 Å². The number of anilines is 1. The molecule has 2 rings (SSSR count). The average molecular weight is 407 g/mol. The minimum absolute atomic E-state index is 0.0396. The molecule has 1 N–H and O–H groups in total. The number of amides is 1. The van der Waals surface area contributed by atoms with Crippen molar-refractivity contribution in [2.45, 2.75) is 0 Å². The molecule has 0 aliphatic heterocycles. The molecule has 2 aromatic rings. The maximum atomic E-state index is 13.6. The van der Waals surface area contributed by atoms with Crippen LogP contribution in [0.25, 0.3) is 0 Å². The third kappa shape index (κ3) is 3.55. The van der Waals surface area contributed by atoms with Gasteiger partial charge in [0.25, 0.3) is 5.91 Å². The predicted molar refractivity (Wildman–Crippen MR) is 81.2 cm³/mol. The van der Waals surface area contributed by atoms with E-state index in [1.807, 2.05) is 0 Å². The van der Waals surface area contributed by atoms with Crippen molar-refractivity contribution in [1.29, 1.82) is 0 Å². The lowest BCUT2D eigenvalue weighted by Gasteiger charge is -2.08. The maximum Gasteiger partial charge on any atom is 0.258 e. The molecule has 0 saturated carbocycles. The molecule has 2 aromatic carbocycles. The molecule has 0 unspecified atom stereocenters. The van der Waals surface area contributed by atoms with Crippen LogP contribution in [-0.4, -0.2) is 5.91 Å². The lowest BCUT2D eigenvalue weighted by molar-refractivity contribution is 0.102. The van der Waals surface area contributed by atoms with Gasteiger partial charge in [-0.05, 0) is 36.4 Å². The fourth-order valence-corrected chi connectivity index (χ4v) is 2.51. The summed E-state index contributed by atoms with van der Waals surface area (Å²) in [5.74, 6) is -1.14. The van der Waals surface area contributed by atoms with Crippen LogP contribution in [0, 0.1) is 5.82 Å². The molecule has 0 aliphatic rings. The van der Waals surface area contributed by atoms with E-state index in [0.717, 1.165) is 4.47 Å². The summed E-state index contributed by atoms with van der Waals surface area (Å²) in [6.45, 7) is 0. The zero-order chi connectivity index (χ0) is 14.0. The quantitative estimate of drug-likeness (QED) is 0.723. The van der Waals surface area contributed by atoms with Crippen molar-refractivity contribution in [2.75, 3.05) is 5.32 Å². The molecule has 0 saturated heterocycles. The van der Waals surface area contributed by atoms with Gasteiger partial charge in [-0.15, -0.1) is 0 Å². The van der Waals surface area contributed by atoms with Gasteiger partial charge in [0.15, 0.2) is 0 Å². The van der Waals surface area contributed by atoms with Gasteiger partial charge >= 0.3 is 0 Å². The van der Waals surface area contributed by atoms with Crippen LogP contribution in [0.4, 0.5) is 10.1 Å². The highest BCUT2D eigenvalue weighted by atomic mass is 79.9. The van der Waals surface area contributed by atoms with Crippen LogP contribution >= 0.6 is 43.5 Å². The van der Waals surface area contributed by atoms with Crippen LogP contribution in [0.1, 0.15) is 10.4 Å². The monoisotopic (exact) mass is 405 g/mol. The van der Waals surface area contributed by atoms with Gasteiger partial charge in [0, 0.05) is 8.95 Å². The van der Waals surface area contributed by atoms with Gasteiger partial charge in [-0.3, -0.25) is 4.79 Å². The molecule has 0 bridgehead atoms. The van der Waals surface area contributed by atoms with E-state index in [4.69, 9.17) is 11.6 Å². The van der Waals surface area contributed by atoms with E-state index < -0.39 is 11.7 Å². The van der Waals surface area contributed by atoms with Gasteiger partial charge in [0.05, 0.1) is 16.3 Å². The zero-order valence-corrected chi connectivity index (χ0v) is 13.3. The summed E-state index contributed by atoms with van der Waals surface area (Å²) in [7, 11) is 0. The zero-order valence-electron chi connectivity index (χ0n) is 9.38. The molecule has 0 radical (unpaired) electrons. The van der Waals surface area contributed by atoms with Crippen LogP contribution in [0.2, 0.25) is 5.02 Å². The first-order chi connectivity index (χ1) is 8.97. The standard InChI is InChI=1S/C13H7Br2ClFNO/c14-7-2-4-12(10(16)5-7)18-13(19)9-3-1-8(15)6-11(9)17/h1-6H,(H,18,19). The summed E-state index contributed by atoms with van der Waals surface area (Å²) in [6, 6.07) is 9.26. The third-order valence-electron chi connectivity index (χ3n) is 2.36. The molecule has 0 aromatic heterocycles. The molecule has 98 valence electrons. The largest absolute Gasteiger partial charge is 0.321 e. The fourth-order valence-electron chi connectivity index (χ4n) is 1.45. The van der Waals surface area contributed by atoms with Gasteiger partial charge in [0.2, 0.25) is 0 Å². The number of hydrogen-bond acceptors (Lipinski definition) is 1. The molecular formula is C13H7Br2ClFNO. The molecule has 0 atom stereocenters. The summed E-state index contributed by atoms with van der Waals surface area (Å²) in [5, 5.41) is 2.94. The number of carbonyl (C=O) groups excluding carboxylic acids is 1. The Hall–Kier alpha value is -0.910. The van der Waals surface area contributed by atoms with E-state index in [1.165, 1.54) is 12.1 Å². The van der Waals surface area contributed by atoms with E-state index in [9.17, 15) is 9.18 Å². The second-order valence-corrected chi connectivity index (χ2v) is 5.94. The summed E-state index contributed by atoms with van der Waals surface area (Å²) >= 11 is 12.4. The Morgan fingerprint density at radius 1 is 1.11 bits per heavy atom. The van der Waals surface area contributed by atoms with Crippen LogP contribution in [0.5, 0.6) is 0 Å². The van der Waals surface area contributed by atoms with Crippen molar-refractivity contribution in [2.24, 2.45) is 0 Å². The second kappa shape index (κ2) is 6.03.